The second-order valence-electron chi connectivity index (χ2n) is 6.87. The highest BCUT2D eigenvalue weighted by atomic mass is 35.5. The van der Waals surface area contributed by atoms with Gasteiger partial charge in [-0.05, 0) is 23.3 Å². The van der Waals surface area contributed by atoms with Gasteiger partial charge < -0.3 is 25.3 Å². The SMILES string of the molecule is COc1cc(OC)c2c(c1)OCCC1=C2NC(N)=NC1c1cccc(C(F)(F)F)c1.Cl. The maximum Gasteiger partial charge on any atom is 0.416 e. The number of aliphatic imine (C=N–C) groups is 1. The molecule has 0 fully saturated rings. The maximum absolute atomic E-state index is 13.2. The third-order valence-electron chi connectivity index (χ3n) is 5.08. The molecule has 0 bridgehead atoms. The number of guanidine groups is 1. The molecule has 2 heterocycles. The van der Waals surface area contributed by atoms with Crippen molar-refractivity contribution in [2.75, 3.05) is 20.8 Å². The summed E-state index contributed by atoms with van der Waals surface area (Å²) in [5, 5.41) is 3.06. The minimum Gasteiger partial charge on any atom is -0.496 e. The summed E-state index contributed by atoms with van der Waals surface area (Å²) in [6.45, 7) is 0.314. The van der Waals surface area contributed by atoms with Crippen LogP contribution in [0.1, 0.15) is 29.2 Å². The van der Waals surface area contributed by atoms with Crippen LogP contribution in [0.3, 0.4) is 0 Å². The van der Waals surface area contributed by atoms with Crippen LogP contribution in [0.4, 0.5) is 13.2 Å². The number of methoxy groups -OCH3 is 2. The molecule has 0 aromatic heterocycles. The standard InChI is InChI=1S/C21H20F3N3O3.ClH/c1-28-13-9-15(29-2)17-16(10-13)30-7-6-14-18(26-20(25)27-19(14)17)11-4-3-5-12(8-11)21(22,23)24;/h3-5,8-10,18H,6-7H2,1-2H3,(H3,25,26,27);1H. The predicted octanol–water partition coefficient (Wildman–Crippen LogP) is 4.30. The Labute approximate surface area is 183 Å². The Morgan fingerprint density at radius 2 is 1.94 bits per heavy atom. The molecule has 0 radical (unpaired) electrons. The molecule has 0 aliphatic carbocycles. The molecule has 1 atom stereocenters. The summed E-state index contributed by atoms with van der Waals surface area (Å²) in [7, 11) is 3.06. The van der Waals surface area contributed by atoms with Crippen molar-refractivity contribution in [3.05, 3.63) is 58.7 Å². The summed E-state index contributed by atoms with van der Waals surface area (Å²) in [6.07, 6.45) is -4.01. The fourth-order valence-electron chi connectivity index (χ4n) is 3.72. The van der Waals surface area contributed by atoms with Crippen molar-refractivity contribution in [1.82, 2.24) is 5.32 Å². The summed E-state index contributed by atoms with van der Waals surface area (Å²) < 4.78 is 56.5. The molecule has 0 saturated carbocycles. The number of ether oxygens (including phenoxy) is 3. The van der Waals surface area contributed by atoms with Crippen molar-refractivity contribution in [3.63, 3.8) is 0 Å². The van der Waals surface area contributed by atoms with E-state index in [0.717, 1.165) is 17.7 Å². The first kappa shape index (κ1) is 22.6. The number of hydrogen-bond donors (Lipinski definition) is 2. The first-order valence-corrected chi connectivity index (χ1v) is 9.21. The summed E-state index contributed by atoms with van der Waals surface area (Å²) >= 11 is 0. The van der Waals surface area contributed by atoms with E-state index < -0.39 is 17.8 Å². The Morgan fingerprint density at radius 3 is 2.61 bits per heavy atom. The zero-order chi connectivity index (χ0) is 21.5. The van der Waals surface area contributed by atoms with E-state index in [9.17, 15) is 13.2 Å². The minimum absolute atomic E-state index is 0. The molecule has 31 heavy (non-hydrogen) atoms. The number of rotatable bonds is 3. The van der Waals surface area contributed by atoms with Gasteiger partial charge in [-0.25, -0.2) is 4.99 Å². The average molecular weight is 456 g/mol. The molecule has 10 heteroatoms. The maximum atomic E-state index is 13.2. The molecular weight excluding hydrogens is 435 g/mol. The van der Waals surface area contributed by atoms with Crippen molar-refractivity contribution in [2.45, 2.75) is 18.6 Å². The van der Waals surface area contributed by atoms with Crippen molar-refractivity contribution in [2.24, 2.45) is 10.7 Å². The third kappa shape index (κ3) is 4.23. The van der Waals surface area contributed by atoms with Crippen LogP contribution >= 0.6 is 12.4 Å². The van der Waals surface area contributed by atoms with Gasteiger partial charge in [-0.1, -0.05) is 12.1 Å². The second-order valence-corrected chi connectivity index (χ2v) is 6.87. The van der Waals surface area contributed by atoms with E-state index in [0.29, 0.717) is 47.1 Å². The molecule has 4 rings (SSSR count). The predicted molar refractivity (Wildman–Crippen MR) is 113 cm³/mol. The smallest absolute Gasteiger partial charge is 0.416 e. The Bertz CT molecular complexity index is 1050. The van der Waals surface area contributed by atoms with Gasteiger partial charge in [0.1, 0.15) is 23.3 Å². The van der Waals surface area contributed by atoms with Gasteiger partial charge in [0.15, 0.2) is 5.96 Å². The Hall–Kier alpha value is -3.07. The van der Waals surface area contributed by atoms with Gasteiger partial charge in [0, 0.05) is 18.6 Å². The van der Waals surface area contributed by atoms with Gasteiger partial charge >= 0.3 is 6.18 Å². The fourth-order valence-corrected chi connectivity index (χ4v) is 3.72. The average Bonchev–Trinajstić information content (AvgIpc) is 2.91. The number of nitrogens with two attached hydrogens (primary N) is 1. The Kier molecular flexibility index (Phi) is 6.26. The topological polar surface area (TPSA) is 78.1 Å². The van der Waals surface area contributed by atoms with Gasteiger partial charge in [0.2, 0.25) is 0 Å². The molecule has 3 N–H and O–H groups in total. The van der Waals surface area contributed by atoms with Gasteiger partial charge in [-0.3, -0.25) is 0 Å². The number of alkyl halides is 3. The van der Waals surface area contributed by atoms with E-state index >= 15 is 0 Å². The van der Waals surface area contributed by atoms with Crippen LogP contribution in [0.25, 0.3) is 5.70 Å². The quantitative estimate of drug-likeness (QED) is 0.721. The molecule has 166 valence electrons. The summed E-state index contributed by atoms with van der Waals surface area (Å²) in [4.78, 5) is 4.40. The van der Waals surface area contributed by atoms with E-state index in [1.165, 1.54) is 20.3 Å². The van der Waals surface area contributed by atoms with Crippen molar-refractivity contribution in [3.8, 4) is 17.2 Å². The van der Waals surface area contributed by atoms with Crippen molar-refractivity contribution in [1.29, 1.82) is 0 Å². The Morgan fingerprint density at radius 1 is 1.16 bits per heavy atom. The fraction of sp³-hybridized carbons (Fsp3) is 0.286. The molecule has 1 unspecified atom stereocenters. The first-order chi connectivity index (χ1) is 14.3. The number of fused-ring (bicyclic) bond motifs is 2. The van der Waals surface area contributed by atoms with E-state index in [4.69, 9.17) is 19.9 Å². The highest BCUT2D eigenvalue weighted by molar-refractivity contribution is 5.94. The molecule has 0 amide bonds. The molecular formula is C21H21ClF3N3O3. The van der Waals surface area contributed by atoms with E-state index in [2.05, 4.69) is 10.3 Å². The second kappa shape index (κ2) is 8.58. The van der Waals surface area contributed by atoms with Crippen molar-refractivity contribution < 1.29 is 27.4 Å². The zero-order valence-corrected chi connectivity index (χ0v) is 17.6. The lowest BCUT2D eigenvalue weighted by molar-refractivity contribution is -0.137. The molecule has 0 saturated heterocycles. The molecule has 2 aliphatic rings. The van der Waals surface area contributed by atoms with Crippen LogP contribution in [0, 0.1) is 0 Å². The van der Waals surface area contributed by atoms with Crippen LogP contribution in [-0.4, -0.2) is 26.8 Å². The molecule has 2 aromatic rings. The number of nitrogens with zero attached hydrogens (tertiary/aromatic N) is 1. The van der Waals surface area contributed by atoms with E-state index in [1.807, 2.05) is 0 Å². The Balaban J connectivity index is 0.00000272. The van der Waals surface area contributed by atoms with Crippen LogP contribution in [0.5, 0.6) is 17.2 Å². The lowest BCUT2D eigenvalue weighted by atomic mass is 9.90. The largest absolute Gasteiger partial charge is 0.496 e. The normalized spacial score (nSPS) is 17.7. The minimum atomic E-state index is -4.45. The third-order valence-corrected chi connectivity index (χ3v) is 5.08. The van der Waals surface area contributed by atoms with Gasteiger partial charge in [-0.2, -0.15) is 13.2 Å². The number of nitrogens with one attached hydrogen (secondary N) is 1. The van der Waals surface area contributed by atoms with Crippen LogP contribution in [-0.2, 0) is 6.18 Å². The van der Waals surface area contributed by atoms with Crippen LogP contribution in [0.15, 0.2) is 47.0 Å². The zero-order valence-electron chi connectivity index (χ0n) is 16.7. The first-order valence-electron chi connectivity index (χ1n) is 9.21. The van der Waals surface area contributed by atoms with Gasteiger partial charge in [0.05, 0.1) is 37.7 Å². The molecule has 2 aromatic carbocycles. The van der Waals surface area contributed by atoms with Crippen LogP contribution < -0.4 is 25.3 Å². The number of hydrogen-bond acceptors (Lipinski definition) is 6. The summed E-state index contributed by atoms with van der Waals surface area (Å²) in [5.41, 5.74) is 7.71. The number of halogens is 4. The molecule has 2 aliphatic heterocycles. The van der Waals surface area contributed by atoms with E-state index in [1.54, 1.807) is 18.2 Å². The summed E-state index contributed by atoms with van der Waals surface area (Å²) in [5.74, 6) is 1.67. The van der Waals surface area contributed by atoms with Crippen molar-refractivity contribution >= 4 is 24.1 Å². The lowest BCUT2D eigenvalue weighted by Crippen LogP contribution is -2.35. The summed E-state index contributed by atoms with van der Waals surface area (Å²) in [6, 6.07) is 7.90. The molecule has 6 nitrogen and oxygen atoms in total. The highest BCUT2D eigenvalue weighted by Gasteiger charge is 2.34. The van der Waals surface area contributed by atoms with Gasteiger partial charge in [-0.15, -0.1) is 12.4 Å². The number of benzene rings is 2. The van der Waals surface area contributed by atoms with E-state index in [-0.39, 0.29) is 18.4 Å². The molecule has 0 spiro atoms. The lowest BCUT2D eigenvalue weighted by Gasteiger charge is -2.27. The van der Waals surface area contributed by atoms with Gasteiger partial charge in [0.25, 0.3) is 0 Å². The van der Waals surface area contributed by atoms with Crippen LogP contribution in [0.2, 0.25) is 0 Å². The highest BCUT2D eigenvalue weighted by Crippen LogP contribution is 2.46. The monoisotopic (exact) mass is 455 g/mol.